The third kappa shape index (κ3) is 3.38. The van der Waals surface area contributed by atoms with E-state index in [1.54, 1.807) is 4.90 Å². The van der Waals surface area contributed by atoms with E-state index >= 15 is 0 Å². The highest BCUT2D eigenvalue weighted by molar-refractivity contribution is 6.03. The summed E-state index contributed by atoms with van der Waals surface area (Å²) in [6.45, 7) is 2.05. The Hall–Kier alpha value is -2.38. The van der Waals surface area contributed by atoms with Crippen LogP contribution in [-0.2, 0) is 36.8 Å². The van der Waals surface area contributed by atoms with Crippen molar-refractivity contribution in [2.24, 2.45) is 0 Å². The summed E-state index contributed by atoms with van der Waals surface area (Å²) in [7, 11) is 4.65. The molecule has 2 heterocycles. The monoisotopic (exact) mass is 346 g/mol. The first-order valence-electron chi connectivity index (χ1n) is 8.10. The lowest BCUT2D eigenvalue weighted by Gasteiger charge is -2.33. The first-order valence-corrected chi connectivity index (χ1v) is 8.10. The van der Waals surface area contributed by atoms with Crippen molar-refractivity contribution in [1.82, 2.24) is 4.90 Å². The molecule has 1 aromatic carbocycles. The molecule has 2 aliphatic rings. The lowest BCUT2D eigenvalue weighted by molar-refractivity contribution is -0.140. The van der Waals surface area contributed by atoms with Gasteiger partial charge in [0.05, 0.1) is 26.4 Å². The van der Waals surface area contributed by atoms with Crippen LogP contribution in [0.2, 0.25) is 0 Å². The Morgan fingerprint density at radius 2 is 1.88 bits per heavy atom. The summed E-state index contributed by atoms with van der Waals surface area (Å²) in [6.07, 6.45) is 0.996. The van der Waals surface area contributed by atoms with Crippen molar-refractivity contribution in [2.45, 2.75) is 13.0 Å². The molecule has 3 rings (SSSR count). The number of hydrogen-bond acceptors (Lipinski definition) is 7. The van der Waals surface area contributed by atoms with Gasteiger partial charge in [0.25, 0.3) is 0 Å². The van der Waals surface area contributed by atoms with E-state index in [9.17, 15) is 9.59 Å². The summed E-state index contributed by atoms with van der Waals surface area (Å²) >= 11 is 0. The minimum Gasteiger partial charge on any atom is -0.466 e. The van der Waals surface area contributed by atoms with Gasteiger partial charge in [-0.3, -0.25) is 0 Å². The Bertz CT molecular complexity index is 728. The zero-order chi connectivity index (χ0) is 18.0. The first-order chi connectivity index (χ1) is 12.0. The Labute approximate surface area is 146 Å². The Morgan fingerprint density at radius 1 is 1.12 bits per heavy atom. The van der Waals surface area contributed by atoms with Crippen molar-refractivity contribution in [3.63, 3.8) is 0 Å². The molecule has 0 saturated carbocycles. The summed E-state index contributed by atoms with van der Waals surface area (Å²) in [4.78, 5) is 28.3. The molecule has 0 N–H and O–H groups in total. The van der Waals surface area contributed by atoms with Crippen LogP contribution in [0.25, 0.3) is 0 Å². The molecule has 0 saturated heterocycles. The predicted molar refractivity (Wildman–Crippen MR) is 90.8 cm³/mol. The van der Waals surface area contributed by atoms with E-state index in [-0.39, 0.29) is 24.6 Å². The molecule has 0 amide bonds. The van der Waals surface area contributed by atoms with Crippen LogP contribution < -0.4 is 4.90 Å². The number of likely N-dealkylation sites (N-methyl/N-ethyl adjacent to an activating group) is 1. The van der Waals surface area contributed by atoms with Crippen molar-refractivity contribution in [1.29, 1.82) is 0 Å². The molecular formula is C18H22N2O5. The van der Waals surface area contributed by atoms with Gasteiger partial charge in [-0.1, -0.05) is 6.07 Å². The van der Waals surface area contributed by atoms with Gasteiger partial charge in [0.2, 0.25) is 0 Å². The maximum absolute atomic E-state index is 12.3. The van der Waals surface area contributed by atoms with Gasteiger partial charge in [-0.15, -0.1) is 0 Å². The topological polar surface area (TPSA) is 68.3 Å². The van der Waals surface area contributed by atoms with Crippen molar-refractivity contribution in [3.8, 4) is 0 Å². The third-order valence-corrected chi connectivity index (χ3v) is 4.54. The fourth-order valence-electron chi connectivity index (χ4n) is 3.20. The molecule has 1 aromatic rings. The number of esters is 2. The number of rotatable bonds is 3. The smallest absolute Gasteiger partial charge is 0.355 e. The molecule has 2 aliphatic heterocycles. The van der Waals surface area contributed by atoms with Gasteiger partial charge in [-0.05, 0) is 36.7 Å². The van der Waals surface area contributed by atoms with E-state index in [1.165, 1.54) is 25.3 Å². The average molecular weight is 346 g/mol. The maximum atomic E-state index is 12.3. The molecule has 7 heteroatoms. The van der Waals surface area contributed by atoms with Gasteiger partial charge < -0.3 is 24.0 Å². The second kappa shape index (κ2) is 7.25. The second-order valence-corrected chi connectivity index (χ2v) is 6.16. The summed E-state index contributed by atoms with van der Waals surface area (Å²) in [5.74, 6) is -1.18. The Kier molecular flexibility index (Phi) is 5.06. The Morgan fingerprint density at radius 3 is 2.60 bits per heavy atom. The van der Waals surface area contributed by atoms with E-state index < -0.39 is 11.9 Å². The second-order valence-electron chi connectivity index (χ2n) is 6.16. The van der Waals surface area contributed by atoms with Crippen LogP contribution in [0.5, 0.6) is 0 Å². The molecule has 0 spiro atoms. The van der Waals surface area contributed by atoms with Crippen molar-refractivity contribution >= 4 is 17.6 Å². The van der Waals surface area contributed by atoms with E-state index in [2.05, 4.69) is 18.0 Å². The van der Waals surface area contributed by atoms with Crippen LogP contribution in [-0.4, -0.2) is 58.0 Å². The van der Waals surface area contributed by atoms with Gasteiger partial charge in [0.1, 0.15) is 12.4 Å². The number of methoxy groups -OCH3 is 2. The van der Waals surface area contributed by atoms with Gasteiger partial charge >= 0.3 is 11.9 Å². The van der Waals surface area contributed by atoms with E-state index in [0.29, 0.717) is 0 Å². The fraction of sp³-hybridized carbons (Fsp3) is 0.444. The number of benzene rings is 1. The van der Waals surface area contributed by atoms with Crippen molar-refractivity contribution in [3.05, 3.63) is 40.6 Å². The minimum atomic E-state index is -0.595. The molecule has 25 heavy (non-hydrogen) atoms. The molecule has 0 radical (unpaired) electrons. The van der Waals surface area contributed by atoms with Crippen LogP contribution in [0.4, 0.5) is 5.69 Å². The minimum absolute atomic E-state index is 0.0152. The molecule has 0 fully saturated rings. The number of carbonyl (C=O) groups is 2. The Balaban J connectivity index is 2.04. The largest absolute Gasteiger partial charge is 0.466 e. The molecular weight excluding hydrogens is 324 g/mol. The fourth-order valence-corrected chi connectivity index (χ4v) is 3.20. The molecule has 0 bridgehead atoms. The highest BCUT2D eigenvalue weighted by atomic mass is 16.5. The average Bonchev–Trinajstić information content (AvgIpc) is 2.65. The van der Waals surface area contributed by atoms with Crippen LogP contribution >= 0.6 is 0 Å². The molecule has 134 valence electrons. The number of fused-ring (bicyclic) bond motifs is 1. The molecule has 0 atom stereocenters. The van der Waals surface area contributed by atoms with Gasteiger partial charge in [-0.2, -0.15) is 0 Å². The van der Waals surface area contributed by atoms with E-state index in [4.69, 9.17) is 14.2 Å². The SMILES string of the molecule is COC(=O)C1=C(C(=O)OC)N(c2ccc3c(c2)CN(C)CC3)COC1. The lowest BCUT2D eigenvalue weighted by Crippen LogP contribution is -2.39. The lowest BCUT2D eigenvalue weighted by atomic mass is 9.99. The summed E-state index contributed by atoms with van der Waals surface area (Å²) in [5.41, 5.74) is 3.63. The summed E-state index contributed by atoms with van der Waals surface area (Å²) < 4.78 is 15.2. The zero-order valence-corrected chi connectivity index (χ0v) is 14.7. The van der Waals surface area contributed by atoms with Crippen LogP contribution in [0.1, 0.15) is 11.1 Å². The molecule has 7 nitrogen and oxygen atoms in total. The van der Waals surface area contributed by atoms with Gasteiger partial charge in [0, 0.05) is 18.8 Å². The predicted octanol–water partition coefficient (Wildman–Crippen LogP) is 1.07. The highest BCUT2D eigenvalue weighted by Crippen LogP contribution is 2.30. The number of nitrogens with zero attached hydrogens (tertiary/aromatic N) is 2. The summed E-state index contributed by atoms with van der Waals surface area (Å²) in [6, 6.07) is 6.05. The first kappa shape index (κ1) is 17.4. The maximum Gasteiger partial charge on any atom is 0.355 e. The van der Waals surface area contributed by atoms with Crippen molar-refractivity contribution < 1.29 is 23.8 Å². The van der Waals surface area contributed by atoms with E-state index in [0.717, 1.165) is 25.2 Å². The molecule has 0 unspecified atom stereocenters. The number of carbonyl (C=O) groups excluding carboxylic acids is 2. The van der Waals surface area contributed by atoms with Crippen LogP contribution in [0, 0.1) is 0 Å². The third-order valence-electron chi connectivity index (χ3n) is 4.54. The van der Waals surface area contributed by atoms with Gasteiger partial charge in [0.15, 0.2) is 0 Å². The standard InChI is InChI=1S/C18H22N2O5/c1-19-7-6-12-4-5-14(8-13(12)9-19)20-11-25-10-15(17(21)23-2)16(20)18(22)24-3/h4-5,8H,6-7,9-11H2,1-3H3. The normalized spacial score (nSPS) is 18.0. The quantitative estimate of drug-likeness (QED) is 0.758. The zero-order valence-electron chi connectivity index (χ0n) is 14.7. The number of anilines is 1. The number of hydrogen-bond donors (Lipinski definition) is 0. The molecule has 0 aliphatic carbocycles. The number of ether oxygens (including phenoxy) is 3. The van der Waals surface area contributed by atoms with Gasteiger partial charge in [-0.25, -0.2) is 9.59 Å². The van der Waals surface area contributed by atoms with E-state index in [1.807, 2.05) is 12.1 Å². The van der Waals surface area contributed by atoms with Crippen LogP contribution in [0.15, 0.2) is 29.5 Å². The molecule has 0 aromatic heterocycles. The van der Waals surface area contributed by atoms with Crippen LogP contribution in [0.3, 0.4) is 0 Å². The summed E-state index contributed by atoms with van der Waals surface area (Å²) in [5, 5.41) is 0. The van der Waals surface area contributed by atoms with Crippen molar-refractivity contribution in [2.75, 3.05) is 46.0 Å². The highest BCUT2D eigenvalue weighted by Gasteiger charge is 2.32.